The molecule has 0 aromatic heterocycles. The van der Waals surface area contributed by atoms with E-state index in [9.17, 15) is 14.0 Å². The molecule has 0 atom stereocenters. The Bertz CT molecular complexity index is 905. The quantitative estimate of drug-likeness (QED) is 0.620. The van der Waals surface area contributed by atoms with Crippen LogP contribution in [-0.2, 0) is 9.59 Å². The molecule has 2 amide bonds. The van der Waals surface area contributed by atoms with E-state index in [1.807, 2.05) is 13.8 Å². The molecule has 134 valence electrons. The number of carbonyl (C=O) groups excluding carboxylic acids is 2. The van der Waals surface area contributed by atoms with E-state index in [2.05, 4.69) is 0 Å². The molecule has 0 bridgehead atoms. The van der Waals surface area contributed by atoms with Crippen LogP contribution in [-0.4, -0.2) is 17.1 Å². The van der Waals surface area contributed by atoms with Crippen molar-refractivity contribution in [2.75, 3.05) is 4.90 Å². The summed E-state index contributed by atoms with van der Waals surface area (Å²) < 4.78 is 13.3. The van der Waals surface area contributed by atoms with E-state index in [4.69, 9.17) is 23.2 Å². The smallest absolute Gasteiger partial charge is 0.268 e. The van der Waals surface area contributed by atoms with Gasteiger partial charge in [0.25, 0.3) is 11.8 Å². The Hall–Kier alpha value is -1.82. The topological polar surface area (TPSA) is 37.4 Å². The molecule has 0 unspecified atom stereocenters. The standard InChI is InChI=1S/C19H14Cl2FNO2S/c1-10(2)26-17-16(11-3-5-14(22)6-4-11)18(24)23(19(17)25)15-8-12(20)7-13(21)9-15/h3-10H,1-2H3. The number of amides is 2. The number of halogens is 3. The molecule has 1 heterocycles. The largest absolute Gasteiger partial charge is 0.272 e. The number of anilines is 1. The van der Waals surface area contributed by atoms with Gasteiger partial charge in [-0.2, -0.15) is 0 Å². The molecular weight excluding hydrogens is 396 g/mol. The fourth-order valence-corrected chi connectivity index (χ4v) is 4.13. The van der Waals surface area contributed by atoms with Crippen LogP contribution >= 0.6 is 35.0 Å². The Morgan fingerprint density at radius 3 is 2.08 bits per heavy atom. The molecule has 26 heavy (non-hydrogen) atoms. The van der Waals surface area contributed by atoms with Gasteiger partial charge in [0, 0.05) is 15.3 Å². The van der Waals surface area contributed by atoms with Crippen molar-refractivity contribution in [1.82, 2.24) is 0 Å². The highest BCUT2D eigenvalue weighted by atomic mass is 35.5. The highest BCUT2D eigenvalue weighted by molar-refractivity contribution is 8.04. The van der Waals surface area contributed by atoms with Gasteiger partial charge in [0.1, 0.15) is 5.82 Å². The number of thioether (sulfide) groups is 1. The van der Waals surface area contributed by atoms with Crippen LogP contribution in [0.4, 0.5) is 10.1 Å². The Kier molecular flexibility index (Phi) is 5.42. The zero-order chi connectivity index (χ0) is 19.0. The molecule has 1 aliphatic rings. The first-order valence-electron chi connectivity index (χ1n) is 7.79. The molecule has 1 aliphatic heterocycles. The molecule has 2 aromatic rings. The second-order valence-electron chi connectivity index (χ2n) is 5.95. The number of rotatable bonds is 4. The first kappa shape index (κ1) is 19.0. The van der Waals surface area contributed by atoms with Crippen LogP contribution < -0.4 is 4.90 Å². The van der Waals surface area contributed by atoms with Gasteiger partial charge in [0.2, 0.25) is 0 Å². The third kappa shape index (κ3) is 3.65. The molecule has 0 fully saturated rings. The zero-order valence-electron chi connectivity index (χ0n) is 13.9. The van der Waals surface area contributed by atoms with Gasteiger partial charge < -0.3 is 0 Å². The van der Waals surface area contributed by atoms with Gasteiger partial charge in [0.15, 0.2) is 0 Å². The predicted octanol–water partition coefficient (Wildman–Crippen LogP) is 5.56. The Morgan fingerprint density at radius 2 is 1.54 bits per heavy atom. The normalized spacial score (nSPS) is 14.8. The number of imide groups is 1. The van der Waals surface area contributed by atoms with E-state index in [1.54, 1.807) is 0 Å². The van der Waals surface area contributed by atoms with Gasteiger partial charge in [-0.3, -0.25) is 9.59 Å². The van der Waals surface area contributed by atoms with Crippen LogP contribution in [0.5, 0.6) is 0 Å². The van der Waals surface area contributed by atoms with Crippen molar-refractivity contribution in [1.29, 1.82) is 0 Å². The number of nitrogens with zero attached hydrogens (tertiary/aromatic N) is 1. The molecule has 0 aliphatic carbocycles. The van der Waals surface area contributed by atoms with Gasteiger partial charge >= 0.3 is 0 Å². The maximum atomic E-state index is 13.3. The highest BCUT2D eigenvalue weighted by Crippen LogP contribution is 2.40. The van der Waals surface area contributed by atoms with Crippen LogP contribution in [0.1, 0.15) is 19.4 Å². The van der Waals surface area contributed by atoms with Crippen LogP contribution in [0.15, 0.2) is 47.4 Å². The summed E-state index contributed by atoms with van der Waals surface area (Å²) in [6.07, 6.45) is 0. The summed E-state index contributed by atoms with van der Waals surface area (Å²) in [5.74, 6) is -1.34. The van der Waals surface area contributed by atoms with Crippen LogP contribution in [0.3, 0.4) is 0 Å². The lowest BCUT2D eigenvalue weighted by atomic mass is 10.1. The molecular formula is C19H14Cl2FNO2S. The lowest BCUT2D eigenvalue weighted by Gasteiger charge is -2.16. The summed E-state index contributed by atoms with van der Waals surface area (Å²) in [7, 11) is 0. The van der Waals surface area contributed by atoms with Crippen molar-refractivity contribution in [3.63, 3.8) is 0 Å². The number of carbonyl (C=O) groups is 2. The van der Waals surface area contributed by atoms with Gasteiger partial charge in [0.05, 0.1) is 16.2 Å². The third-order valence-electron chi connectivity index (χ3n) is 3.63. The van der Waals surface area contributed by atoms with E-state index in [1.165, 1.54) is 54.2 Å². The molecule has 2 aromatic carbocycles. The maximum Gasteiger partial charge on any atom is 0.272 e. The first-order valence-corrected chi connectivity index (χ1v) is 9.43. The lowest BCUT2D eigenvalue weighted by Crippen LogP contribution is -2.31. The average Bonchev–Trinajstić information content (AvgIpc) is 2.77. The van der Waals surface area contributed by atoms with Crippen molar-refractivity contribution >= 4 is 58.0 Å². The van der Waals surface area contributed by atoms with Crippen molar-refractivity contribution in [2.45, 2.75) is 19.1 Å². The predicted molar refractivity (Wildman–Crippen MR) is 105 cm³/mol. The van der Waals surface area contributed by atoms with Gasteiger partial charge in [-0.25, -0.2) is 9.29 Å². The van der Waals surface area contributed by atoms with Gasteiger partial charge in [-0.05, 0) is 35.9 Å². The molecule has 0 saturated heterocycles. The SMILES string of the molecule is CC(C)SC1=C(c2ccc(F)cc2)C(=O)N(c2cc(Cl)cc(Cl)c2)C1=O. The van der Waals surface area contributed by atoms with Gasteiger partial charge in [-0.15, -0.1) is 11.8 Å². The third-order valence-corrected chi connectivity index (χ3v) is 5.16. The van der Waals surface area contributed by atoms with Crippen molar-refractivity contribution < 1.29 is 14.0 Å². The van der Waals surface area contributed by atoms with Gasteiger partial charge in [-0.1, -0.05) is 49.2 Å². The number of hydrogen-bond donors (Lipinski definition) is 0. The molecule has 3 nitrogen and oxygen atoms in total. The van der Waals surface area contributed by atoms with Crippen LogP contribution in [0.25, 0.3) is 5.57 Å². The average molecular weight is 410 g/mol. The fourth-order valence-electron chi connectivity index (χ4n) is 2.63. The first-order chi connectivity index (χ1) is 12.3. The summed E-state index contributed by atoms with van der Waals surface area (Å²) in [6, 6.07) is 10.0. The molecule has 7 heteroatoms. The summed E-state index contributed by atoms with van der Waals surface area (Å²) in [6.45, 7) is 3.85. The van der Waals surface area contributed by atoms with Crippen molar-refractivity contribution in [3.8, 4) is 0 Å². The highest BCUT2D eigenvalue weighted by Gasteiger charge is 2.40. The number of benzene rings is 2. The zero-order valence-corrected chi connectivity index (χ0v) is 16.3. The Labute approximate surface area is 164 Å². The van der Waals surface area contributed by atoms with E-state index < -0.39 is 17.6 Å². The summed E-state index contributed by atoms with van der Waals surface area (Å²) in [4.78, 5) is 27.4. The molecule has 0 radical (unpaired) electrons. The van der Waals surface area contributed by atoms with E-state index >= 15 is 0 Å². The van der Waals surface area contributed by atoms with Crippen LogP contribution in [0.2, 0.25) is 10.0 Å². The Balaban J connectivity index is 2.12. The second kappa shape index (κ2) is 7.43. The van der Waals surface area contributed by atoms with E-state index in [0.29, 0.717) is 26.2 Å². The van der Waals surface area contributed by atoms with E-state index in [-0.39, 0.29) is 10.8 Å². The molecule has 3 rings (SSSR count). The van der Waals surface area contributed by atoms with Crippen LogP contribution in [0, 0.1) is 5.82 Å². The minimum Gasteiger partial charge on any atom is -0.268 e. The Morgan fingerprint density at radius 1 is 0.962 bits per heavy atom. The molecule has 0 saturated carbocycles. The van der Waals surface area contributed by atoms with E-state index in [0.717, 1.165) is 4.90 Å². The minimum atomic E-state index is -0.483. The fraction of sp³-hybridized carbons (Fsp3) is 0.158. The lowest BCUT2D eigenvalue weighted by molar-refractivity contribution is -0.119. The molecule has 0 spiro atoms. The monoisotopic (exact) mass is 409 g/mol. The summed E-state index contributed by atoms with van der Waals surface area (Å²) in [5, 5.41) is 0.725. The maximum absolute atomic E-state index is 13.3. The van der Waals surface area contributed by atoms with Crippen molar-refractivity contribution in [2.24, 2.45) is 0 Å². The summed E-state index contributed by atoms with van der Waals surface area (Å²) >= 11 is 13.3. The second-order valence-corrected chi connectivity index (χ2v) is 8.41. The summed E-state index contributed by atoms with van der Waals surface area (Å²) in [5.41, 5.74) is 1.05. The minimum absolute atomic E-state index is 0.0834. The van der Waals surface area contributed by atoms with Crippen molar-refractivity contribution in [3.05, 3.63) is 68.8 Å². The molecule has 0 N–H and O–H groups in total. The number of hydrogen-bond acceptors (Lipinski definition) is 3.